The number of carbonyl (C=O) groups excluding carboxylic acids is 2. The zero-order valence-electron chi connectivity index (χ0n) is 10.8. The summed E-state index contributed by atoms with van der Waals surface area (Å²) in [6.45, 7) is 10.5. The van der Waals surface area contributed by atoms with Crippen molar-refractivity contribution >= 4 is 33.2 Å². The van der Waals surface area contributed by atoms with Gasteiger partial charge in [-0.25, -0.2) is 0 Å². The maximum Gasteiger partial charge on any atom is 0.180 e. The van der Waals surface area contributed by atoms with Crippen LogP contribution in [0.5, 0.6) is 0 Å². The van der Waals surface area contributed by atoms with Crippen molar-refractivity contribution in [3.05, 3.63) is 48.6 Å². The van der Waals surface area contributed by atoms with Gasteiger partial charge in [0, 0.05) is 11.5 Å². The van der Waals surface area contributed by atoms with E-state index in [1.807, 2.05) is 12.2 Å². The number of ketones is 2. The van der Waals surface area contributed by atoms with Crippen LogP contribution < -0.4 is 0 Å². The Morgan fingerprint density at radius 1 is 0.889 bits per heavy atom. The molecule has 0 rings (SSSR count). The zero-order valence-corrected chi connectivity index (χ0v) is 12.4. The quantitative estimate of drug-likeness (QED) is 0.366. The normalized spacial score (nSPS) is 11.0. The molecule has 0 aromatic heterocycles. The van der Waals surface area contributed by atoms with Gasteiger partial charge in [0.25, 0.3) is 0 Å². The number of rotatable bonds is 9. The molecule has 0 heterocycles. The third kappa shape index (κ3) is 9.07. The Bertz CT molecular complexity index is 355. The van der Waals surface area contributed by atoms with Crippen molar-refractivity contribution in [1.82, 2.24) is 0 Å². The highest BCUT2D eigenvalue weighted by molar-refractivity contribution is 8.76. The van der Waals surface area contributed by atoms with Crippen LogP contribution in [-0.2, 0) is 9.59 Å². The predicted octanol–water partition coefficient (Wildman–Crippen LogP) is 3.77. The molecule has 0 aromatic carbocycles. The first-order valence-corrected chi connectivity index (χ1v) is 7.91. The predicted molar refractivity (Wildman–Crippen MR) is 82.8 cm³/mol. The minimum Gasteiger partial charge on any atom is -0.290 e. The Morgan fingerprint density at radius 2 is 1.22 bits per heavy atom. The summed E-state index contributed by atoms with van der Waals surface area (Å²) in [4.78, 5) is 22.3. The maximum atomic E-state index is 11.2. The van der Waals surface area contributed by atoms with E-state index in [0.717, 1.165) is 11.5 Å². The van der Waals surface area contributed by atoms with Gasteiger partial charge in [0.2, 0.25) is 0 Å². The smallest absolute Gasteiger partial charge is 0.180 e. The molecule has 0 bridgehead atoms. The first-order chi connectivity index (χ1) is 8.45. The monoisotopic (exact) mass is 282 g/mol. The van der Waals surface area contributed by atoms with E-state index in [2.05, 4.69) is 13.2 Å². The molecule has 0 aliphatic heterocycles. The van der Waals surface area contributed by atoms with E-state index < -0.39 is 0 Å². The third-order valence-electron chi connectivity index (χ3n) is 1.79. The van der Waals surface area contributed by atoms with Gasteiger partial charge in [-0.2, -0.15) is 0 Å². The minimum absolute atomic E-state index is 0.0347. The molecular formula is C14H18O2S2. The molecule has 18 heavy (non-hydrogen) atoms. The summed E-state index contributed by atoms with van der Waals surface area (Å²) in [5.41, 5.74) is 1.09. The highest BCUT2D eigenvalue weighted by Crippen LogP contribution is 2.21. The number of hydrogen-bond donors (Lipinski definition) is 0. The first-order valence-electron chi connectivity index (χ1n) is 5.42. The number of allylic oxidation sites excluding steroid dienone is 4. The van der Waals surface area contributed by atoms with Crippen LogP contribution in [0.4, 0.5) is 0 Å². The molecule has 0 unspecified atom stereocenters. The largest absolute Gasteiger partial charge is 0.290 e. The van der Waals surface area contributed by atoms with Crippen LogP contribution in [0.3, 0.4) is 0 Å². The van der Waals surface area contributed by atoms with Crippen molar-refractivity contribution < 1.29 is 9.59 Å². The van der Waals surface area contributed by atoms with Crippen molar-refractivity contribution in [3.8, 4) is 0 Å². The Morgan fingerprint density at radius 3 is 1.50 bits per heavy atom. The van der Waals surface area contributed by atoms with Crippen molar-refractivity contribution in [2.45, 2.75) is 13.8 Å². The average molecular weight is 282 g/mol. The van der Waals surface area contributed by atoms with E-state index in [-0.39, 0.29) is 11.6 Å². The van der Waals surface area contributed by atoms with E-state index in [0.29, 0.717) is 11.1 Å². The minimum atomic E-state index is -0.0347. The van der Waals surface area contributed by atoms with E-state index >= 15 is 0 Å². The molecular weight excluding hydrogens is 264 g/mol. The molecule has 0 aliphatic rings. The summed E-state index contributed by atoms with van der Waals surface area (Å²) in [7, 11) is 3.26. The van der Waals surface area contributed by atoms with E-state index in [9.17, 15) is 9.59 Å². The van der Waals surface area contributed by atoms with Crippen LogP contribution in [0.1, 0.15) is 13.8 Å². The summed E-state index contributed by atoms with van der Waals surface area (Å²) in [5, 5.41) is 0. The second-order valence-corrected chi connectivity index (χ2v) is 6.22. The standard InChI is InChI=1S/C14H18O2S2/c1-11(2)13(15)7-5-9-17-18-10-6-8-14(16)12(3)4/h5-8H,1,3,9-10H2,2,4H3. The fourth-order valence-corrected chi connectivity index (χ4v) is 2.36. The Hall–Kier alpha value is -1.00. The van der Waals surface area contributed by atoms with Gasteiger partial charge in [-0.3, -0.25) is 9.59 Å². The molecule has 0 atom stereocenters. The topological polar surface area (TPSA) is 34.1 Å². The molecule has 98 valence electrons. The molecule has 2 nitrogen and oxygen atoms in total. The van der Waals surface area contributed by atoms with Crippen LogP contribution in [0.15, 0.2) is 48.6 Å². The van der Waals surface area contributed by atoms with Crippen LogP contribution in [0, 0.1) is 0 Å². The SMILES string of the molecule is C=C(C)C(=O)C=CCSSCC=CC(=O)C(=C)C. The highest BCUT2D eigenvalue weighted by atomic mass is 33.1. The second-order valence-electron chi connectivity index (χ2n) is 3.66. The molecule has 0 aliphatic carbocycles. The fraction of sp³-hybridized carbons (Fsp3) is 0.286. The maximum absolute atomic E-state index is 11.2. The lowest BCUT2D eigenvalue weighted by atomic mass is 10.2. The lowest BCUT2D eigenvalue weighted by Crippen LogP contribution is -1.92. The second kappa shape index (κ2) is 9.97. The molecule has 0 spiro atoms. The first kappa shape index (κ1) is 17.0. The van der Waals surface area contributed by atoms with Crippen LogP contribution in [-0.4, -0.2) is 23.1 Å². The van der Waals surface area contributed by atoms with Crippen LogP contribution >= 0.6 is 21.6 Å². The molecule has 0 aromatic rings. The van der Waals surface area contributed by atoms with Gasteiger partial charge in [-0.1, -0.05) is 46.9 Å². The van der Waals surface area contributed by atoms with E-state index in [1.165, 1.54) is 12.2 Å². The molecule has 0 saturated heterocycles. The van der Waals surface area contributed by atoms with Crippen molar-refractivity contribution in [1.29, 1.82) is 0 Å². The van der Waals surface area contributed by atoms with Gasteiger partial charge < -0.3 is 0 Å². The molecule has 0 N–H and O–H groups in total. The van der Waals surface area contributed by atoms with Crippen molar-refractivity contribution in [2.75, 3.05) is 11.5 Å². The van der Waals surface area contributed by atoms with Crippen LogP contribution in [0.2, 0.25) is 0 Å². The summed E-state index contributed by atoms with van der Waals surface area (Å²) in [5.74, 6) is 1.44. The van der Waals surface area contributed by atoms with Gasteiger partial charge in [0.15, 0.2) is 11.6 Å². The molecule has 0 saturated carbocycles. The van der Waals surface area contributed by atoms with Gasteiger partial charge in [-0.05, 0) is 37.1 Å². The summed E-state index contributed by atoms with van der Waals surface area (Å²) in [6.07, 6.45) is 6.71. The van der Waals surface area contributed by atoms with Crippen LogP contribution in [0.25, 0.3) is 0 Å². The van der Waals surface area contributed by atoms with Crippen molar-refractivity contribution in [2.24, 2.45) is 0 Å². The molecule has 0 amide bonds. The average Bonchev–Trinajstić information content (AvgIpc) is 2.31. The Labute approximate surface area is 117 Å². The number of carbonyl (C=O) groups is 2. The van der Waals surface area contributed by atoms with E-state index in [4.69, 9.17) is 0 Å². The van der Waals surface area contributed by atoms with Gasteiger partial charge in [-0.15, -0.1) is 0 Å². The summed E-state index contributed by atoms with van der Waals surface area (Å²) in [6, 6.07) is 0. The third-order valence-corrected chi connectivity index (χ3v) is 3.93. The lowest BCUT2D eigenvalue weighted by Gasteiger charge is -1.94. The Kier molecular flexibility index (Phi) is 9.42. The summed E-state index contributed by atoms with van der Waals surface area (Å²) < 4.78 is 0. The molecule has 4 heteroatoms. The lowest BCUT2D eigenvalue weighted by molar-refractivity contribution is -0.112. The van der Waals surface area contributed by atoms with Crippen molar-refractivity contribution in [3.63, 3.8) is 0 Å². The van der Waals surface area contributed by atoms with E-state index in [1.54, 1.807) is 35.4 Å². The summed E-state index contributed by atoms with van der Waals surface area (Å²) >= 11 is 0. The highest BCUT2D eigenvalue weighted by Gasteiger charge is 1.95. The fourth-order valence-electron chi connectivity index (χ4n) is 0.770. The van der Waals surface area contributed by atoms with Gasteiger partial charge in [0.05, 0.1) is 0 Å². The van der Waals surface area contributed by atoms with Gasteiger partial charge in [0.1, 0.15) is 0 Å². The number of hydrogen-bond acceptors (Lipinski definition) is 4. The van der Waals surface area contributed by atoms with Gasteiger partial charge >= 0.3 is 0 Å². The molecule has 0 fully saturated rings. The zero-order chi connectivity index (χ0) is 14.0. The Balaban J connectivity index is 3.64. The molecule has 0 radical (unpaired) electrons.